The van der Waals surface area contributed by atoms with Crippen LogP contribution in [0.5, 0.6) is 0 Å². The van der Waals surface area contributed by atoms with Gasteiger partial charge in [0.15, 0.2) is 5.82 Å². The van der Waals surface area contributed by atoms with Gasteiger partial charge in [0.25, 0.3) is 11.5 Å². The van der Waals surface area contributed by atoms with Crippen molar-refractivity contribution in [3.05, 3.63) is 110 Å². The lowest BCUT2D eigenvalue weighted by atomic mass is 10.1. The molecule has 1 amide bonds. The number of amides is 1. The standard InChI is InChI=1S/C27H20N4O2S/c1-16-10-12-18(13-11-16)15-30-21-9-4-3-8-20(21)22(25(30)32)23-26(33)31-27(34-23)28-24(29-31)19-7-5-6-17(2)14-19/h3-14H,15H2,1-2H3/b23-22-. The summed E-state index contributed by atoms with van der Waals surface area (Å²) in [7, 11) is 0. The van der Waals surface area contributed by atoms with Crippen molar-refractivity contribution in [2.45, 2.75) is 20.4 Å². The Morgan fingerprint density at radius 3 is 2.44 bits per heavy atom. The molecular formula is C27H20N4O2S. The number of benzene rings is 3. The number of aromatic nitrogens is 3. The van der Waals surface area contributed by atoms with E-state index in [4.69, 9.17) is 0 Å². The van der Waals surface area contributed by atoms with Gasteiger partial charge in [-0.05, 0) is 31.5 Å². The number of anilines is 1. The lowest BCUT2D eigenvalue weighted by molar-refractivity contribution is -0.113. The zero-order valence-corrected chi connectivity index (χ0v) is 19.5. The van der Waals surface area contributed by atoms with Gasteiger partial charge in [0.05, 0.1) is 17.8 Å². The molecule has 0 bridgehead atoms. The lowest BCUT2D eigenvalue weighted by Crippen LogP contribution is -2.32. The van der Waals surface area contributed by atoms with E-state index in [1.54, 1.807) is 4.90 Å². The van der Waals surface area contributed by atoms with E-state index in [9.17, 15) is 9.59 Å². The van der Waals surface area contributed by atoms with E-state index in [0.29, 0.717) is 27.4 Å². The van der Waals surface area contributed by atoms with Crippen molar-refractivity contribution in [1.29, 1.82) is 0 Å². The molecule has 5 aromatic rings. The van der Waals surface area contributed by atoms with Crippen LogP contribution in [0.1, 0.15) is 22.3 Å². The number of para-hydroxylation sites is 1. The molecule has 3 heterocycles. The smallest absolute Gasteiger partial charge is 0.291 e. The number of nitrogens with zero attached hydrogens (tertiary/aromatic N) is 4. The Morgan fingerprint density at radius 2 is 1.68 bits per heavy atom. The third kappa shape index (κ3) is 3.24. The summed E-state index contributed by atoms with van der Waals surface area (Å²) in [4.78, 5) is 33.8. The summed E-state index contributed by atoms with van der Waals surface area (Å²) in [6.45, 7) is 4.47. The number of fused-ring (bicyclic) bond motifs is 2. The van der Waals surface area contributed by atoms with Crippen LogP contribution >= 0.6 is 11.3 Å². The summed E-state index contributed by atoms with van der Waals surface area (Å²) in [6.07, 6.45) is 0. The topological polar surface area (TPSA) is 67.6 Å². The molecule has 6 rings (SSSR count). The van der Waals surface area contributed by atoms with Crippen LogP contribution in [0.3, 0.4) is 0 Å². The first kappa shape index (κ1) is 20.5. The first-order valence-electron chi connectivity index (χ1n) is 11.0. The monoisotopic (exact) mass is 464 g/mol. The van der Waals surface area contributed by atoms with Gasteiger partial charge in [-0.1, -0.05) is 83.1 Å². The van der Waals surface area contributed by atoms with Crippen LogP contribution < -0.4 is 15.0 Å². The summed E-state index contributed by atoms with van der Waals surface area (Å²) >= 11 is 1.21. The normalized spacial score (nSPS) is 14.8. The highest BCUT2D eigenvalue weighted by Crippen LogP contribution is 2.36. The predicted octanol–water partition coefficient (Wildman–Crippen LogP) is 3.90. The molecule has 0 aliphatic carbocycles. The molecule has 0 atom stereocenters. The number of hydrogen-bond donors (Lipinski definition) is 0. The predicted molar refractivity (Wildman–Crippen MR) is 134 cm³/mol. The molecule has 0 N–H and O–H groups in total. The molecule has 34 heavy (non-hydrogen) atoms. The first-order valence-corrected chi connectivity index (χ1v) is 11.8. The van der Waals surface area contributed by atoms with Crippen molar-refractivity contribution in [1.82, 2.24) is 14.6 Å². The molecule has 0 radical (unpaired) electrons. The number of thiazole rings is 1. The van der Waals surface area contributed by atoms with Gasteiger partial charge in [-0.3, -0.25) is 9.59 Å². The fraction of sp³-hybridized carbons (Fsp3) is 0.111. The molecule has 0 saturated heterocycles. The fourth-order valence-electron chi connectivity index (χ4n) is 4.32. The molecule has 166 valence electrons. The van der Waals surface area contributed by atoms with E-state index in [2.05, 4.69) is 10.1 Å². The van der Waals surface area contributed by atoms with Crippen LogP contribution in [0.4, 0.5) is 5.69 Å². The number of carbonyl (C=O) groups excluding carboxylic acids is 1. The average Bonchev–Trinajstić information content (AvgIpc) is 3.47. The number of hydrogen-bond acceptors (Lipinski definition) is 5. The maximum atomic E-state index is 13.6. The minimum absolute atomic E-state index is 0.178. The lowest BCUT2D eigenvalue weighted by Gasteiger charge is -2.17. The molecule has 7 heteroatoms. The Kier molecular flexibility index (Phi) is 4.67. The second-order valence-electron chi connectivity index (χ2n) is 8.50. The summed E-state index contributed by atoms with van der Waals surface area (Å²) in [5.41, 5.74) is 5.82. The van der Waals surface area contributed by atoms with E-state index < -0.39 is 0 Å². The second kappa shape index (κ2) is 7.74. The number of aryl methyl sites for hydroxylation is 2. The van der Waals surface area contributed by atoms with E-state index in [-0.39, 0.29) is 11.5 Å². The fourth-order valence-corrected chi connectivity index (χ4v) is 5.32. The minimum atomic E-state index is -0.318. The van der Waals surface area contributed by atoms with Crippen molar-refractivity contribution in [2.75, 3.05) is 4.90 Å². The summed E-state index contributed by atoms with van der Waals surface area (Å²) in [5, 5.41) is 4.46. The van der Waals surface area contributed by atoms with Gasteiger partial charge in [-0.2, -0.15) is 9.50 Å². The van der Waals surface area contributed by atoms with Gasteiger partial charge >= 0.3 is 0 Å². The Balaban J connectivity index is 1.49. The molecule has 0 saturated carbocycles. The van der Waals surface area contributed by atoms with Crippen LogP contribution in [0.15, 0.2) is 77.6 Å². The molecule has 2 aromatic heterocycles. The van der Waals surface area contributed by atoms with Gasteiger partial charge in [0.1, 0.15) is 4.53 Å². The Hall–Kier alpha value is -4.10. The Morgan fingerprint density at radius 1 is 0.882 bits per heavy atom. The van der Waals surface area contributed by atoms with E-state index in [0.717, 1.165) is 27.9 Å². The summed E-state index contributed by atoms with van der Waals surface area (Å²) in [6, 6.07) is 23.6. The van der Waals surface area contributed by atoms with Gasteiger partial charge in [-0.25, -0.2) is 0 Å². The van der Waals surface area contributed by atoms with Crippen LogP contribution in [-0.2, 0) is 11.3 Å². The largest absolute Gasteiger partial charge is 0.303 e. The zero-order valence-electron chi connectivity index (χ0n) is 18.6. The van der Waals surface area contributed by atoms with Crippen LogP contribution in [-0.4, -0.2) is 20.5 Å². The molecule has 3 aromatic carbocycles. The van der Waals surface area contributed by atoms with Crippen molar-refractivity contribution in [3.8, 4) is 11.4 Å². The van der Waals surface area contributed by atoms with Crippen LogP contribution in [0.2, 0.25) is 0 Å². The van der Waals surface area contributed by atoms with E-state index in [1.165, 1.54) is 21.4 Å². The maximum absolute atomic E-state index is 13.6. The van der Waals surface area contributed by atoms with Gasteiger partial charge in [0.2, 0.25) is 4.96 Å². The summed E-state index contributed by atoms with van der Waals surface area (Å²) < 4.78 is 1.68. The van der Waals surface area contributed by atoms with Crippen molar-refractivity contribution in [3.63, 3.8) is 0 Å². The maximum Gasteiger partial charge on any atom is 0.291 e. The minimum Gasteiger partial charge on any atom is -0.303 e. The molecule has 6 nitrogen and oxygen atoms in total. The van der Waals surface area contributed by atoms with Crippen molar-refractivity contribution >= 4 is 33.5 Å². The Labute approximate surface area is 199 Å². The van der Waals surface area contributed by atoms with E-state index in [1.807, 2.05) is 86.6 Å². The second-order valence-corrected chi connectivity index (χ2v) is 9.48. The average molecular weight is 465 g/mol. The van der Waals surface area contributed by atoms with Crippen LogP contribution in [0.25, 0.3) is 21.9 Å². The van der Waals surface area contributed by atoms with Gasteiger partial charge in [-0.15, -0.1) is 5.10 Å². The molecular weight excluding hydrogens is 444 g/mol. The van der Waals surface area contributed by atoms with Crippen molar-refractivity contribution < 1.29 is 4.79 Å². The van der Waals surface area contributed by atoms with Crippen molar-refractivity contribution in [2.24, 2.45) is 0 Å². The van der Waals surface area contributed by atoms with Crippen LogP contribution in [0, 0.1) is 13.8 Å². The SMILES string of the molecule is Cc1ccc(CN2C(=O)/C(=c3\sc4nc(-c5cccc(C)c5)nn4c3=O)c3ccccc32)cc1. The highest BCUT2D eigenvalue weighted by Gasteiger charge is 2.34. The highest BCUT2D eigenvalue weighted by molar-refractivity contribution is 7.15. The zero-order chi connectivity index (χ0) is 23.4. The highest BCUT2D eigenvalue weighted by atomic mass is 32.1. The summed E-state index contributed by atoms with van der Waals surface area (Å²) in [5.74, 6) is 0.324. The van der Waals surface area contributed by atoms with Gasteiger partial charge < -0.3 is 4.90 Å². The molecule has 1 aliphatic rings. The molecule has 0 fully saturated rings. The molecule has 1 aliphatic heterocycles. The Bertz CT molecular complexity index is 1700. The first-order chi connectivity index (χ1) is 16.5. The third-order valence-corrected chi connectivity index (χ3v) is 7.07. The number of rotatable bonds is 3. The number of carbonyl (C=O) groups is 1. The van der Waals surface area contributed by atoms with E-state index >= 15 is 0 Å². The third-order valence-electron chi connectivity index (χ3n) is 6.05. The molecule has 0 unspecified atom stereocenters. The van der Waals surface area contributed by atoms with Gasteiger partial charge in [0, 0.05) is 11.1 Å². The molecule has 0 spiro atoms. The quantitative estimate of drug-likeness (QED) is 0.406.